The Balaban J connectivity index is 2.23. The zero-order chi connectivity index (χ0) is 12.4. The molecule has 0 aromatic heterocycles. The standard InChI is InChI=1S/C14H17NO2/c1-3-12(14(16)17)15-13-9(2)8-10-6-4-5-7-11(10)13/h4-8,12-13,15H,3H2,1-2H3,(H,16,17)/t12-,13+/m1/s1. The van der Waals surface area contributed by atoms with E-state index >= 15 is 0 Å². The first kappa shape index (κ1) is 11.9. The van der Waals surface area contributed by atoms with Crippen LogP contribution in [-0.2, 0) is 4.79 Å². The van der Waals surface area contributed by atoms with Crippen molar-refractivity contribution in [3.8, 4) is 0 Å². The quantitative estimate of drug-likeness (QED) is 0.837. The van der Waals surface area contributed by atoms with Gasteiger partial charge >= 0.3 is 5.97 Å². The summed E-state index contributed by atoms with van der Waals surface area (Å²) in [7, 11) is 0. The molecule has 0 saturated carbocycles. The topological polar surface area (TPSA) is 49.3 Å². The number of fused-ring (bicyclic) bond motifs is 1. The van der Waals surface area contributed by atoms with Gasteiger partial charge in [0.2, 0.25) is 0 Å². The molecule has 0 saturated heterocycles. The van der Waals surface area contributed by atoms with Crippen molar-refractivity contribution in [3.63, 3.8) is 0 Å². The van der Waals surface area contributed by atoms with Gasteiger partial charge in [0.25, 0.3) is 0 Å². The fourth-order valence-corrected chi connectivity index (χ4v) is 2.27. The number of carboxylic acid groups (broad SMARTS) is 1. The van der Waals surface area contributed by atoms with Crippen LogP contribution in [0.15, 0.2) is 29.8 Å². The van der Waals surface area contributed by atoms with Crippen molar-refractivity contribution in [1.82, 2.24) is 5.32 Å². The zero-order valence-electron chi connectivity index (χ0n) is 10.1. The van der Waals surface area contributed by atoms with Crippen molar-refractivity contribution >= 4 is 12.0 Å². The summed E-state index contributed by atoms with van der Waals surface area (Å²) in [4.78, 5) is 11.1. The normalized spacial score (nSPS) is 19.6. The van der Waals surface area contributed by atoms with Crippen LogP contribution >= 0.6 is 0 Å². The van der Waals surface area contributed by atoms with Gasteiger partial charge in [0.05, 0.1) is 6.04 Å². The van der Waals surface area contributed by atoms with Gasteiger partial charge in [-0.3, -0.25) is 10.1 Å². The van der Waals surface area contributed by atoms with E-state index in [0.717, 1.165) is 0 Å². The van der Waals surface area contributed by atoms with Crippen LogP contribution in [0.3, 0.4) is 0 Å². The van der Waals surface area contributed by atoms with Gasteiger partial charge in [0.1, 0.15) is 6.04 Å². The molecular formula is C14H17NO2. The lowest BCUT2D eigenvalue weighted by Gasteiger charge is -2.21. The monoisotopic (exact) mass is 231 g/mol. The van der Waals surface area contributed by atoms with Crippen molar-refractivity contribution in [3.05, 3.63) is 41.0 Å². The van der Waals surface area contributed by atoms with Crippen LogP contribution in [0.2, 0.25) is 0 Å². The molecule has 1 aromatic carbocycles. The molecular weight excluding hydrogens is 214 g/mol. The average Bonchev–Trinajstić information content (AvgIpc) is 2.61. The minimum atomic E-state index is -0.787. The first-order chi connectivity index (χ1) is 8.13. The second-order valence-corrected chi connectivity index (χ2v) is 4.42. The summed E-state index contributed by atoms with van der Waals surface area (Å²) in [5, 5.41) is 12.3. The van der Waals surface area contributed by atoms with E-state index < -0.39 is 12.0 Å². The number of rotatable bonds is 4. The summed E-state index contributed by atoms with van der Waals surface area (Å²) in [5.74, 6) is -0.787. The summed E-state index contributed by atoms with van der Waals surface area (Å²) in [6.45, 7) is 3.91. The van der Waals surface area contributed by atoms with Crippen molar-refractivity contribution in [2.45, 2.75) is 32.4 Å². The average molecular weight is 231 g/mol. The number of hydrogen-bond acceptors (Lipinski definition) is 2. The molecule has 0 amide bonds. The summed E-state index contributed by atoms with van der Waals surface area (Å²) in [6.07, 6.45) is 2.70. The van der Waals surface area contributed by atoms with E-state index in [0.29, 0.717) is 6.42 Å². The van der Waals surface area contributed by atoms with Gasteiger partial charge in [-0.05, 0) is 24.5 Å². The molecule has 0 heterocycles. The summed E-state index contributed by atoms with van der Waals surface area (Å²) < 4.78 is 0. The molecule has 2 rings (SSSR count). The molecule has 0 unspecified atom stereocenters. The highest BCUT2D eigenvalue weighted by atomic mass is 16.4. The second kappa shape index (κ2) is 4.72. The van der Waals surface area contributed by atoms with Gasteiger partial charge < -0.3 is 5.11 Å². The molecule has 0 aliphatic heterocycles. The fourth-order valence-electron chi connectivity index (χ4n) is 2.27. The Morgan fingerprint density at radius 3 is 2.82 bits per heavy atom. The number of nitrogens with one attached hydrogen (secondary N) is 1. The number of aliphatic carboxylic acids is 1. The smallest absolute Gasteiger partial charge is 0.320 e. The number of carbonyl (C=O) groups is 1. The Morgan fingerprint density at radius 1 is 1.47 bits per heavy atom. The molecule has 17 heavy (non-hydrogen) atoms. The van der Waals surface area contributed by atoms with Crippen LogP contribution in [-0.4, -0.2) is 17.1 Å². The third-order valence-corrected chi connectivity index (χ3v) is 3.22. The van der Waals surface area contributed by atoms with Crippen molar-refractivity contribution in [2.24, 2.45) is 0 Å². The van der Waals surface area contributed by atoms with Crippen molar-refractivity contribution < 1.29 is 9.90 Å². The van der Waals surface area contributed by atoms with Crippen LogP contribution in [0.1, 0.15) is 37.4 Å². The minimum Gasteiger partial charge on any atom is -0.480 e. The van der Waals surface area contributed by atoms with Crippen molar-refractivity contribution in [2.75, 3.05) is 0 Å². The van der Waals surface area contributed by atoms with Gasteiger partial charge in [0, 0.05) is 0 Å². The maximum Gasteiger partial charge on any atom is 0.320 e. The predicted octanol–water partition coefficient (Wildman–Crippen LogP) is 2.60. The SMILES string of the molecule is CC[C@@H](N[C@H]1C(C)=Cc2ccccc21)C(=O)O. The lowest BCUT2D eigenvalue weighted by atomic mass is 10.0. The molecule has 1 aliphatic carbocycles. The Kier molecular flexibility index (Phi) is 3.29. The molecule has 2 atom stereocenters. The molecule has 0 fully saturated rings. The van der Waals surface area contributed by atoms with E-state index in [-0.39, 0.29) is 6.04 Å². The van der Waals surface area contributed by atoms with Gasteiger partial charge in [-0.15, -0.1) is 0 Å². The van der Waals surface area contributed by atoms with E-state index in [2.05, 4.69) is 23.5 Å². The molecule has 1 aromatic rings. The fraction of sp³-hybridized carbons (Fsp3) is 0.357. The minimum absolute atomic E-state index is 0.0345. The molecule has 0 bridgehead atoms. The van der Waals surface area contributed by atoms with E-state index in [9.17, 15) is 4.79 Å². The van der Waals surface area contributed by atoms with E-state index in [4.69, 9.17) is 5.11 Å². The molecule has 0 radical (unpaired) electrons. The highest BCUT2D eigenvalue weighted by molar-refractivity contribution is 5.74. The molecule has 90 valence electrons. The summed E-state index contributed by atoms with van der Waals surface area (Å²) in [5.41, 5.74) is 3.53. The van der Waals surface area contributed by atoms with Gasteiger partial charge in [-0.25, -0.2) is 0 Å². The lowest BCUT2D eigenvalue weighted by Crippen LogP contribution is -2.38. The van der Waals surface area contributed by atoms with Crippen LogP contribution in [0.4, 0.5) is 0 Å². The highest BCUT2D eigenvalue weighted by Crippen LogP contribution is 2.34. The summed E-state index contributed by atoms with van der Waals surface area (Å²) in [6, 6.07) is 7.64. The van der Waals surface area contributed by atoms with Crippen LogP contribution in [0.5, 0.6) is 0 Å². The number of carboxylic acids is 1. The Morgan fingerprint density at radius 2 is 2.18 bits per heavy atom. The third kappa shape index (κ3) is 2.24. The number of benzene rings is 1. The first-order valence-electron chi connectivity index (χ1n) is 5.89. The highest BCUT2D eigenvalue weighted by Gasteiger charge is 2.26. The first-order valence-corrected chi connectivity index (χ1v) is 5.89. The largest absolute Gasteiger partial charge is 0.480 e. The Bertz CT molecular complexity index is 465. The third-order valence-electron chi connectivity index (χ3n) is 3.22. The molecule has 0 spiro atoms. The van der Waals surface area contributed by atoms with Crippen LogP contribution < -0.4 is 5.32 Å². The molecule has 1 aliphatic rings. The predicted molar refractivity (Wildman–Crippen MR) is 67.7 cm³/mol. The van der Waals surface area contributed by atoms with Crippen LogP contribution in [0.25, 0.3) is 6.08 Å². The lowest BCUT2D eigenvalue weighted by molar-refractivity contribution is -0.139. The zero-order valence-corrected chi connectivity index (χ0v) is 10.1. The molecule has 2 N–H and O–H groups in total. The van der Waals surface area contributed by atoms with Crippen molar-refractivity contribution in [1.29, 1.82) is 0 Å². The van der Waals surface area contributed by atoms with Gasteiger partial charge in [-0.2, -0.15) is 0 Å². The summed E-state index contributed by atoms with van der Waals surface area (Å²) >= 11 is 0. The maximum absolute atomic E-state index is 11.1. The molecule has 3 heteroatoms. The number of hydrogen-bond donors (Lipinski definition) is 2. The van der Waals surface area contributed by atoms with E-state index in [1.165, 1.54) is 16.7 Å². The molecule has 3 nitrogen and oxygen atoms in total. The Labute approximate surface area is 101 Å². The Hall–Kier alpha value is -1.61. The van der Waals surface area contributed by atoms with Gasteiger partial charge in [0.15, 0.2) is 0 Å². The van der Waals surface area contributed by atoms with E-state index in [1.54, 1.807) is 0 Å². The second-order valence-electron chi connectivity index (χ2n) is 4.42. The van der Waals surface area contributed by atoms with Crippen LogP contribution in [0, 0.1) is 0 Å². The van der Waals surface area contributed by atoms with Gasteiger partial charge in [-0.1, -0.05) is 42.8 Å². The maximum atomic E-state index is 11.1. The van der Waals surface area contributed by atoms with E-state index in [1.807, 2.05) is 26.0 Å².